The molecule has 0 aromatic rings. The molecule has 0 spiro atoms. The van der Waals surface area contributed by atoms with Crippen molar-refractivity contribution >= 4 is 0 Å². The fourth-order valence-electron chi connectivity index (χ4n) is 5.24. The highest BCUT2D eigenvalue weighted by Gasteiger charge is 2.37. The van der Waals surface area contributed by atoms with Gasteiger partial charge in [0.15, 0.2) is 0 Å². The first-order chi connectivity index (χ1) is 13.3. The van der Waals surface area contributed by atoms with Gasteiger partial charge in [0.25, 0.3) is 0 Å². The number of piperazine rings is 3. The highest BCUT2D eigenvalue weighted by molar-refractivity contribution is 4.70. The van der Waals surface area contributed by atoms with Crippen LogP contribution in [0.15, 0.2) is 0 Å². The second-order valence-corrected chi connectivity index (χ2v) is 9.73. The van der Waals surface area contributed by atoms with E-state index in [9.17, 15) is 0 Å². The van der Waals surface area contributed by atoms with Crippen molar-refractivity contribution in [2.45, 2.75) is 116 Å². The number of fused-ring (bicyclic) bond motifs is 3. The van der Waals surface area contributed by atoms with Crippen molar-refractivity contribution in [2.75, 3.05) is 45.8 Å². The molecule has 2 heteroatoms. The predicted octanol–water partition coefficient (Wildman–Crippen LogP) is 6.78. The van der Waals surface area contributed by atoms with Gasteiger partial charge >= 0.3 is 0 Å². The maximum atomic E-state index is 2.66. The van der Waals surface area contributed by atoms with Crippen LogP contribution in [0.3, 0.4) is 0 Å². The van der Waals surface area contributed by atoms with Gasteiger partial charge in [-0.05, 0) is 12.8 Å². The molecule has 3 fully saturated rings. The van der Waals surface area contributed by atoms with Crippen molar-refractivity contribution in [2.24, 2.45) is 0 Å². The molecule has 2 bridgehead atoms. The number of hydrogen-bond acceptors (Lipinski definition) is 1. The smallest absolute Gasteiger partial charge is 0.0916 e. The molecule has 0 aromatic carbocycles. The Morgan fingerprint density at radius 2 is 0.815 bits per heavy atom. The summed E-state index contributed by atoms with van der Waals surface area (Å²) in [6, 6.07) is 0. The second kappa shape index (κ2) is 14.9. The third-order valence-corrected chi connectivity index (χ3v) is 7.41. The molecule has 0 aliphatic carbocycles. The van der Waals surface area contributed by atoms with Crippen molar-refractivity contribution in [3.63, 3.8) is 0 Å². The first kappa shape index (κ1) is 23.2. The van der Waals surface area contributed by atoms with Gasteiger partial charge in [-0.2, -0.15) is 0 Å². The third kappa shape index (κ3) is 10.3. The molecule has 3 aliphatic heterocycles. The normalized spacial score (nSPS) is 24.6. The number of quaternary nitrogens is 1. The summed E-state index contributed by atoms with van der Waals surface area (Å²) >= 11 is 0. The second-order valence-electron chi connectivity index (χ2n) is 9.73. The Hall–Kier alpha value is -0.0800. The summed E-state index contributed by atoms with van der Waals surface area (Å²) < 4.78 is 1.47. The molecule has 0 N–H and O–H groups in total. The van der Waals surface area contributed by atoms with Crippen LogP contribution in [0.2, 0.25) is 0 Å². The Kier molecular flexibility index (Phi) is 12.8. The van der Waals surface area contributed by atoms with Gasteiger partial charge in [-0.1, -0.05) is 103 Å². The number of unbranched alkanes of at least 4 members (excludes halogenated alkanes) is 16. The van der Waals surface area contributed by atoms with Crippen LogP contribution in [0.25, 0.3) is 0 Å². The fourth-order valence-corrected chi connectivity index (χ4v) is 5.24. The molecule has 2 nitrogen and oxygen atoms in total. The van der Waals surface area contributed by atoms with E-state index in [-0.39, 0.29) is 0 Å². The van der Waals surface area contributed by atoms with Crippen LogP contribution in [0.5, 0.6) is 0 Å². The van der Waals surface area contributed by atoms with E-state index in [1.54, 1.807) is 0 Å². The van der Waals surface area contributed by atoms with Crippen LogP contribution in [0.4, 0.5) is 0 Å². The van der Waals surface area contributed by atoms with E-state index in [0.717, 1.165) is 0 Å². The fraction of sp³-hybridized carbons (Fsp3) is 1.00. The number of rotatable bonds is 18. The summed E-state index contributed by atoms with van der Waals surface area (Å²) in [5, 5.41) is 0. The molecule has 0 unspecified atom stereocenters. The average Bonchev–Trinajstić information content (AvgIpc) is 2.71. The topological polar surface area (TPSA) is 3.24 Å². The van der Waals surface area contributed by atoms with E-state index >= 15 is 0 Å². The van der Waals surface area contributed by atoms with Crippen molar-refractivity contribution in [1.29, 1.82) is 0 Å². The minimum Gasteiger partial charge on any atom is -0.320 e. The van der Waals surface area contributed by atoms with Gasteiger partial charge in [0, 0.05) is 19.6 Å². The van der Waals surface area contributed by atoms with Gasteiger partial charge in [-0.15, -0.1) is 0 Å². The zero-order valence-electron chi connectivity index (χ0n) is 18.9. The zero-order chi connectivity index (χ0) is 19.0. The quantitative estimate of drug-likeness (QED) is 0.187. The van der Waals surface area contributed by atoms with Crippen LogP contribution < -0.4 is 0 Å². The molecular weight excluding hydrogens is 328 g/mol. The Bertz CT molecular complexity index is 319. The SMILES string of the molecule is CCCCCCCCCCCCCCCCCCC[N+]12CCN(CC1)CC2. The van der Waals surface area contributed by atoms with E-state index in [2.05, 4.69) is 11.8 Å². The van der Waals surface area contributed by atoms with E-state index in [4.69, 9.17) is 0 Å². The van der Waals surface area contributed by atoms with Crippen LogP contribution in [-0.2, 0) is 0 Å². The number of hydrogen-bond donors (Lipinski definition) is 0. The predicted molar refractivity (Wildman–Crippen MR) is 120 cm³/mol. The lowest BCUT2D eigenvalue weighted by molar-refractivity contribution is -0.941. The van der Waals surface area contributed by atoms with E-state index in [1.807, 2.05) is 0 Å². The first-order valence-electron chi connectivity index (χ1n) is 12.9. The highest BCUT2D eigenvalue weighted by atomic mass is 15.4. The maximum Gasteiger partial charge on any atom is 0.0916 e. The molecule has 3 rings (SSSR count). The van der Waals surface area contributed by atoms with E-state index in [1.165, 1.54) is 159 Å². The average molecular weight is 380 g/mol. The van der Waals surface area contributed by atoms with Crippen molar-refractivity contribution in [1.82, 2.24) is 4.90 Å². The third-order valence-electron chi connectivity index (χ3n) is 7.41. The Morgan fingerprint density at radius 1 is 0.481 bits per heavy atom. The minimum absolute atomic E-state index is 1.37. The molecule has 3 aliphatic rings. The lowest BCUT2D eigenvalue weighted by atomic mass is 10.0. The molecule has 0 saturated carbocycles. The van der Waals surface area contributed by atoms with Gasteiger partial charge in [-0.3, -0.25) is 4.90 Å². The summed E-state index contributed by atoms with van der Waals surface area (Å²) in [7, 11) is 0. The van der Waals surface area contributed by atoms with E-state index < -0.39 is 0 Å². The van der Waals surface area contributed by atoms with Crippen LogP contribution in [-0.4, -0.2) is 55.2 Å². The van der Waals surface area contributed by atoms with Gasteiger partial charge in [-0.25, -0.2) is 0 Å². The highest BCUT2D eigenvalue weighted by Crippen LogP contribution is 2.21. The maximum absolute atomic E-state index is 2.66. The van der Waals surface area contributed by atoms with Gasteiger partial charge in [0.2, 0.25) is 0 Å². The Labute approximate surface area is 171 Å². The lowest BCUT2D eigenvalue weighted by Crippen LogP contribution is -2.67. The minimum atomic E-state index is 1.37. The standard InChI is InChI=1S/C25H51N2/c1-2-3-4-5-6-7-8-9-10-11-12-13-14-15-16-17-18-22-27-23-19-26(20-24-27)21-25-27/h2-25H2,1H3/q+1. The first-order valence-corrected chi connectivity index (χ1v) is 12.9. The summed E-state index contributed by atoms with van der Waals surface area (Å²) in [6.45, 7) is 12.2. The molecule has 3 saturated heterocycles. The van der Waals surface area contributed by atoms with E-state index in [0.29, 0.717) is 0 Å². The zero-order valence-corrected chi connectivity index (χ0v) is 18.9. The van der Waals surface area contributed by atoms with Crippen LogP contribution in [0.1, 0.15) is 116 Å². The van der Waals surface area contributed by atoms with Crippen LogP contribution >= 0.6 is 0 Å². The number of nitrogens with zero attached hydrogens (tertiary/aromatic N) is 2. The molecule has 0 radical (unpaired) electrons. The van der Waals surface area contributed by atoms with Crippen molar-refractivity contribution < 1.29 is 4.48 Å². The Morgan fingerprint density at radius 3 is 1.19 bits per heavy atom. The molecule has 3 heterocycles. The van der Waals surface area contributed by atoms with Crippen LogP contribution in [0, 0.1) is 0 Å². The summed E-state index contributed by atoms with van der Waals surface area (Å²) in [5.41, 5.74) is 0. The molecular formula is C25H51N2+. The monoisotopic (exact) mass is 379 g/mol. The molecule has 0 amide bonds. The van der Waals surface area contributed by atoms with Gasteiger partial charge < -0.3 is 4.48 Å². The molecule has 160 valence electrons. The summed E-state index contributed by atoms with van der Waals surface area (Å²) in [4.78, 5) is 2.66. The Balaban J connectivity index is 1.25. The lowest BCUT2D eigenvalue weighted by Gasteiger charge is -2.50. The van der Waals surface area contributed by atoms with Gasteiger partial charge in [0.1, 0.15) is 0 Å². The molecule has 0 aromatic heterocycles. The molecule has 27 heavy (non-hydrogen) atoms. The largest absolute Gasteiger partial charge is 0.320 e. The summed E-state index contributed by atoms with van der Waals surface area (Å²) in [6.07, 6.45) is 25.1. The molecule has 0 atom stereocenters. The van der Waals surface area contributed by atoms with Gasteiger partial charge in [0.05, 0.1) is 26.2 Å². The van der Waals surface area contributed by atoms with Crippen molar-refractivity contribution in [3.8, 4) is 0 Å². The summed E-state index contributed by atoms with van der Waals surface area (Å²) in [5.74, 6) is 0. The van der Waals surface area contributed by atoms with Crippen molar-refractivity contribution in [3.05, 3.63) is 0 Å².